The monoisotopic (exact) mass is 530 g/mol. The molecule has 8 heteroatoms. The molecule has 0 N–H and O–H groups in total. The van der Waals surface area contributed by atoms with E-state index in [9.17, 15) is 14.3 Å². The molecule has 0 spiro atoms. The van der Waals surface area contributed by atoms with Gasteiger partial charge in [0.15, 0.2) is 5.82 Å². The smallest absolute Gasteiger partial charge is 0.550 e. The molecule has 6 nitrogen and oxygen atoms in total. The molecule has 0 radical (unpaired) electrons. The number of nitrogens with zero attached hydrogens (tertiary/aromatic N) is 2. The number of aliphatic carboxylic acids is 1. The first-order valence-electron chi connectivity index (χ1n) is 12.2. The van der Waals surface area contributed by atoms with Crippen LogP contribution in [0.15, 0.2) is 97.1 Å². The molecule has 0 aliphatic rings. The Kier molecular flexibility index (Phi) is 9.65. The summed E-state index contributed by atoms with van der Waals surface area (Å²) in [5, 5.41) is 12.5. The van der Waals surface area contributed by atoms with E-state index >= 15 is 0 Å². The molecule has 0 saturated carbocycles. The Labute approximate surface area is 247 Å². The Bertz CT molecular complexity index is 1580. The molecule has 0 aliphatic carbocycles. The number of carboxylic acid groups (broad SMARTS) is 1. The van der Waals surface area contributed by atoms with Crippen molar-refractivity contribution in [2.45, 2.75) is 19.4 Å². The second-order valence-corrected chi connectivity index (χ2v) is 8.71. The maximum atomic E-state index is 14.1. The molecule has 39 heavy (non-hydrogen) atoms. The average molecular weight is 531 g/mol. The molecular formula is C31H24FN2NaO4. The van der Waals surface area contributed by atoms with Crippen LogP contribution < -0.4 is 44.1 Å². The zero-order valence-corrected chi connectivity index (χ0v) is 23.5. The summed E-state index contributed by atoms with van der Waals surface area (Å²) in [6, 6.07) is 29.5. The van der Waals surface area contributed by atoms with Crippen molar-refractivity contribution in [2.75, 3.05) is 6.61 Å². The van der Waals surface area contributed by atoms with Gasteiger partial charge in [-0.1, -0.05) is 66.7 Å². The van der Waals surface area contributed by atoms with Gasteiger partial charge in [0.25, 0.3) is 0 Å². The first-order chi connectivity index (χ1) is 18.5. The number of carboxylic acids is 1. The summed E-state index contributed by atoms with van der Waals surface area (Å²) in [7, 11) is 0. The van der Waals surface area contributed by atoms with E-state index in [0.29, 0.717) is 41.7 Å². The summed E-state index contributed by atoms with van der Waals surface area (Å²) in [4.78, 5) is 20.0. The maximum Gasteiger partial charge on any atom is 1.00 e. The molecule has 0 saturated heterocycles. The van der Waals surface area contributed by atoms with Crippen LogP contribution in [0.4, 0.5) is 4.39 Å². The van der Waals surface area contributed by atoms with Crippen LogP contribution in [0.5, 0.6) is 11.6 Å². The largest absolute Gasteiger partial charge is 1.00 e. The molecule has 1 aromatic heterocycles. The fourth-order valence-corrected chi connectivity index (χ4v) is 4.01. The van der Waals surface area contributed by atoms with Crippen molar-refractivity contribution >= 4 is 16.7 Å². The molecular weight excluding hydrogens is 506 g/mol. The van der Waals surface area contributed by atoms with E-state index in [-0.39, 0.29) is 48.4 Å². The molecule has 0 unspecified atom stereocenters. The number of hydrogen-bond acceptors (Lipinski definition) is 6. The third kappa shape index (κ3) is 7.41. The van der Waals surface area contributed by atoms with Crippen molar-refractivity contribution in [3.63, 3.8) is 0 Å². The minimum atomic E-state index is -1.08. The van der Waals surface area contributed by atoms with Crippen LogP contribution in [0.1, 0.15) is 18.4 Å². The van der Waals surface area contributed by atoms with Crippen LogP contribution in [-0.2, 0) is 11.4 Å². The Morgan fingerprint density at radius 2 is 1.54 bits per heavy atom. The topological polar surface area (TPSA) is 84.4 Å². The van der Waals surface area contributed by atoms with Crippen molar-refractivity contribution in [3.05, 3.63) is 108 Å². The van der Waals surface area contributed by atoms with Gasteiger partial charge < -0.3 is 19.4 Å². The number of benzene rings is 4. The van der Waals surface area contributed by atoms with E-state index in [1.54, 1.807) is 24.3 Å². The van der Waals surface area contributed by atoms with Gasteiger partial charge in [-0.2, -0.15) is 4.98 Å². The van der Waals surface area contributed by atoms with Crippen LogP contribution >= 0.6 is 0 Å². The van der Waals surface area contributed by atoms with Gasteiger partial charge >= 0.3 is 29.6 Å². The Morgan fingerprint density at radius 3 is 2.33 bits per heavy atom. The summed E-state index contributed by atoms with van der Waals surface area (Å²) in [5.41, 5.74) is 2.85. The second kappa shape index (κ2) is 13.3. The van der Waals surface area contributed by atoms with Gasteiger partial charge in [-0.25, -0.2) is 9.37 Å². The van der Waals surface area contributed by atoms with Gasteiger partial charge in [-0.15, -0.1) is 0 Å². The van der Waals surface area contributed by atoms with Gasteiger partial charge in [0.1, 0.15) is 18.2 Å². The van der Waals surface area contributed by atoms with E-state index in [1.807, 2.05) is 66.7 Å². The number of rotatable bonds is 10. The fraction of sp³-hybridized carbons (Fsp3) is 0.129. The molecule has 4 aromatic carbocycles. The number of ether oxygens (including phenoxy) is 2. The number of carbonyl (C=O) groups excluding carboxylic acids is 1. The zero-order valence-electron chi connectivity index (χ0n) is 21.5. The van der Waals surface area contributed by atoms with Crippen molar-refractivity contribution < 1.29 is 53.3 Å². The quantitative estimate of drug-likeness (QED) is 0.204. The van der Waals surface area contributed by atoms with Crippen LogP contribution in [0.25, 0.3) is 33.4 Å². The number of aromatic nitrogens is 2. The van der Waals surface area contributed by atoms with E-state index in [1.165, 1.54) is 6.07 Å². The van der Waals surface area contributed by atoms with Crippen molar-refractivity contribution in [1.29, 1.82) is 0 Å². The average Bonchev–Trinajstić information content (AvgIpc) is 2.95. The molecule has 0 atom stereocenters. The zero-order chi connectivity index (χ0) is 26.3. The summed E-state index contributed by atoms with van der Waals surface area (Å²) >= 11 is 0. The van der Waals surface area contributed by atoms with Crippen LogP contribution in [-0.4, -0.2) is 22.5 Å². The first kappa shape index (κ1) is 28.2. The molecule has 0 bridgehead atoms. The first-order valence-corrected chi connectivity index (χ1v) is 12.2. The molecule has 0 amide bonds. The third-order valence-corrected chi connectivity index (χ3v) is 5.97. The molecule has 0 fully saturated rings. The molecule has 190 valence electrons. The van der Waals surface area contributed by atoms with Gasteiger partial charge in [0.2, 0.25) is 5.88 Å². The van der Waals surface area contributed by atoms with E-state index in [2.05, 4.69) is 4.98 Å². The van der Waals surface area contributed by atoms with Crippen LogP contribution in [0.3, 0.4) is 0 Å². The van der Waals surface area contributed by atoms with Gasteiger partial charge in [0.05, 0.1) is 12.3 Å². The SMILES string of the molecule is O=C([O-])CCCOc1ccc2cc(-c3nc(OCc4ccccc4F)cc(-c4ccccc4)n3)ccc2c1.[Na+]. The number of fused-ring (bicyclic) bond motifs is 1. The number of hydrogen-bond donors (Lipinski definition) is 0. The molecule has 0 aliphatic heterocycles. The maximum absolute atomic E-state index is 14.1. The molecule has 5 aromatic rings. The Balaban J connectivity index is 0.00000353. The normalized spacial score (nSPS) is 10.6. The summed E-state index contributed by atoms with van der Waals surface area (Å²) < 4.78 is 25.7. The van der Waals surface area contributed by atoms with Crippen molar-refractivity contribution in [2.24, 2.45) is 0 Å². The fourth-order valence-electron chi connectivity index (χ4n) is 4.01. The van der Waals surface area contributed by atoms with E-state index < -0.39 is 5.97 Å². The van der Waals surface area contributed by atoms with Crippen LogP contribution in [0.2, 0.25) is 0 Å². The van der Waals surface area contributed by atoms with Gasteiger partial charge in [-0.3, -0.25) is 0 Å². The minimum absolute atomic E-state index is 0. The molecule has 1 heterocycles. The minimum Gasteiger partial charge on any atom is -0.550 e. The van der Waals surface area contributed by atoms with Gasteiger partial charge in [0, 0.05) is 28.7 Å². The Hall–Kier alpha value is -3.78. The number of halogens is 1. The van der Waals surface area contributed by atoms with Crippen LogP contribution in [0, 0.1) is 5.82 Å². The number of carbonyl (C=O) groups is 1. The van der Waals surface area contributed by atoms with E-state index in [4.69, 9.17) is 14.5 Å². The van der Waals surface area contributed by atoms with E-state index in [0.717, 1.165) is 21.9 Å². The second-order valence-electron chi connectivity index (χ2n) is 8.71. The standard InChI is InChI=1S/C31H25FN2O4.Na/c32-27-10-5-4-9-25(27)20-38-29-19-28(21-7-2-1-3-8-21)33-31(34-29)24-13-12-23-18-26(15-14-22(23)17-24)37-16-6-11-30(35)36;/h1-5,7-10,12-15,17-19H,6,11,16,20H2,(H,35,36);/q;+1/p-1. The third-order valence-electron chi connectivity index (χ3n) is 5.97. The molecule has 5 rings (SSSR count). The van der Waals surface area contributed by atoms with Gasteiger partial charge in [-0.05, 0) is 47.9 Å². The summed E-state index contributed by atoms with van der Waals surface area (Å²) in [5.74, 6) is 0.0764. The Morgan fingerprint density at radius 1 is 0.795 bits per heavy atom. The van der Waals surface area contributed by atoms with Crippen molar-refractivity contribution in [1.82, 2.24) is 9.97 Å². The van der Waals surface area contributed by atoms with Crippen molar-refractivity contribution in [3.8, 4) is 34.3 Å². The predicted octanol–water partition coefficient (Wildman–Crippen LogP) is 2.59. The summed E-state index contributed by atoms with van der Waals surface area (Å²) in [6.07, 6.45) is 0.348. The predicted molar refractivity (Wildman–Crippen MR) is 141 cm³/mol. The summed E-state index contributed by atoms with van der Waals surface area (Å²) in [6.45, 7) is 0.341.